The number of likely N-dealkylation sites (tertiary alicyclic amines) is 1. The Morgan fingerprint density at radius 2 is 1.96 bits per heavy atom. The zero-order chi connectivity index (χ0) is 18.1. The molecule has 4 nitrogen and oxygen atoms in total. The molecule has 136 valence electrons. The first kappa shape index (κ1) is 17.0. The molecule has 2 aliphatic rings. The molecule has 2 saturated heterocycles. The van der Waals surface area contributed by atoms with Crippen molar-refractivity contribution in [3.05, 3.63) is 71.3 Å². The molecule has 1 amide bonds. The molecular weight excluding hydrogens is 340 g/mol. The van der Waals surface area contributed by atoms with E-state index in [-0.39, 0.29) is 24.3 Å². The molecule has 0 radical (unpaired) electrons. The smallest absolute Gasteiger partial charge is 0.410 e. The van der Waals surface area contributed by atoms with Crippen LogP contribution in [0.2, 0.25) is 0 Å². The summed E-state index contributed by atoms with van der Waals surface area (Å²) in [4.78, 5) is 14.1. The maximum absolute atomic E-state index is 14.0. The molecule has 4 rings (SSSR count). The molecule has 6 heteroatoms. The van der Waals surface area contributed by atoms with Crippen LogP contribution in [0.5, 0.6) is 0 Å². The van der Waals surface area contributed by atoms with Crippen molar-refractivity contribution in [2.24, 2.45) is 0 Å². The molecule has 0 unspecified atom stereocenters. The number of hydrogen-bond donors (Lipinski definition) is 0. The van der Waals surface area contributed by atoms with Crippen LogP contribution in [0.4, 0.5) is 13.6 Å². The number of ether oxygens (including phenoxy) is 2. The Labute approximate surface area is 150 Å². The van der Waals surface area contributed by atoms with Gasteiger partial charge in [-0.2, -0.15) is 0 Å². The quantitative estimate of drug-likeness (QED) is 0.768. The third-order valence-electron chi connectivity index (χ3n) is 4.93. The third-order valence-corrected chi connectivity index (χ3v) is 4.93. The van der Waals surface area contributed by atoms with E-state index >= 15 is 0 Å². The van der Waals surface area contributed by atoms with E-state index in [0.29, 0.717) is 6.54 Å². The summed E-state index contributed by atoms with van der Waals surface area (Å²) >= 11 is 0. The number of nitrogens with zero attached hydrogens (tertiary/aromatic N) is 1. The van der Waals surface area contributed by atoms with Gasteiger partial charge >= 0.3 is 6.09 Å². The predicted octanol–water partition coefficient (Wildman–Crippen LogP) is 4.21. The molecule has 2 aliphatic heterocycles. The maximum atomic E-state index is 14.0. The Morgan fingerprint density at radius 1 is 1.15 bits per heavy atom. The van der Waals surface area contributed by atoms with Crippen molar-refractivity contribution in [3.8, 4) is 0 Å². The van der Waals surface area contributed by atoms with Crippen LogP contribution in [0, 0.1) is 11.6 Å². The van der Waals surface area contributed by atoms with E-state index in [1.807, 2.05) is 30.3 Å². The van der Waals surface area contributed by atoms with Crippen molar-refractivity contribution in [2.75, 3.05) is 6.54 Å². The second kappa shape index (κ2) is 7.03. The summed E-state index contributed by atoms with van der Waals surface area (Å²) in [6.07, 6.45) is 0.364. The summed E-state index contributed by atoms with van der Waals surface area (Å²) < 4.78 is 38.4. The molecule has 0 N–H and O–H groups in total. The van der Waals surface area contributed by atoms with Crippen molar-refractivity contribution in [1.82, 2.24) is 4.90 Å². The Balaban J connectivity index is 1.40. The van der Waals surface area contributed by atoms with Gasteiger partial charge in [0.15, 0.2) is 11.6 Å². The molecule has 0 aromatic heterocycles. The van der Waals surface area contributed by atoms with E-state index in [0.717, 1.165) is 24.5 Å². The first-order valence-corrected chi connectivity index (χ1v) is 8.72. The topological polar surface area (TPSA) is 42.1 Å². The van der Waals surface area contributed by atoms with Gasteiger partial charge in [0.05, 0.1) is 6.04 Å². The van der Waals surface area contributed by atoms with Crippen LogP contribution in [0.1, 0.15) is 30.1 Å². The molecule has 2 fully saturated rings. The second-order valence-electron chi connectivity index (χ2n) is 6.61. The number of epoxide rings is 1. The van der Waals surface area contributed by atoms with Gasteiger partial charge in [-0.15, -0.1) is 0 Å². The second-order valence-corrected chi connectivity index (χ2v) is 6.61. The maximum Gasteiger partial charge on any atom is 0.410 e. The highest BCUT2D eigenvalue weighted by Crippen LogP contribution is 2.46. The van der Waals surface area contributed by atoms with Gasteiger partial charge in [-0.3, -0.25) is 0 Å². The summed E-state index contributed by atoms with van der Waals surface area (Å²) in [5, 5.41) is 0. The van der Waals surface area contributed by atoms with Gasteiger partial charge in [0.25, 0.3) is 0 Å². The van der Waals surface area contributed by atoms with Crippen LogP contribution in [0.15, 0.2) is 48.5 Å². The summed E-state index contributed by atoms with van der Waals surface area (Å²) in [5.41, 5.74) is 1.12. The van der Waals surface area contributed by atoms with Crippen LogP contribution >= 0.6 is 0 Å². The molecule has 0 aliphatic carbocycles. The minimum atomic E-state index is -0.887. The van der Waals surface area contributed by atoms with Gasteiger partial charge in [0, 0.05) is 12.1 Å². The highest BCUT2D eigenvalue weighted by atomic mass is 19.2. The van der Waals surface area contributed by atoms with E-state index in [1.165, 1.54) is 12.1 Å². The van der Waals surface area contributed by atoms with E-state index in [1.54, 1.807) is 4.90 Å². The molecule has 0 saturated carbocycles. The van der Waals surface area contributed by atoms with Crippen molar-refractivity contribution >= 4 is 6.09 Å². The standard InChI is InChI=1S/C20H19F2NO3/c21-15-9-4-8-14(17(15)22)18-19(26-18)16-10-5-11-23(16)20(24)25-12-13-6-2-1-3-7-13/h1-4,6-9,16,18-19H,5,10-12H2/t16-,18+,19+/m1/s1. The number of benzene rings is 2. The van der Waals surface area contributed by atoms with Crippen LogP contribution in [-0.4, -0.2) is 29.7 Å². The normalized spacial score (nSPS) is 24.5. The van der Waals surface area contributed by atoms with Crippen LogP contribution in [0.3, 0.4) is 0 Å². The first-order chi connectivity index (χ1) is 12.6. The Morgan fingerprint density at radius 3 is 2.77 bits per heavy atom. The number of carbonyl (C=O) groups is 1. The summed E-state index contributed by atoms with van der Waals surface area (Å²) in [7, 11) is 0. The van der Waals surface area contributed by atoms with E-state index < -0.39 is 23.8 Å². The van der Waals surface area contributed by atoms with E-state index in [2.05, 4.69) is 0 Å². The number of amides is 1. The number of hydrogen-bond acceptors (Lipinski definition) is 3. The summed E-state index contributed by atoms with van der Waals surface area (Å²) in [6, 6.07) is 13.4. The van der Waals surface area contributed by atoms with Crippen molar-refractivity contribution in [3.63, 3.8) is 0 Å². The minimum absolute atomic E-state index is 0.175. The van der Waals surface area contributed by atoms with Crippen LogP contribution in [-0.2, 0) is 16.1 Å². The lowest BCUT2D eigenvalue weighted by Gasteiger charge is -2.23. The fourth-order valence-electron chi connectivity index (χ4n) is 3.57. The zero-order valence-corrected chi connectivity index (χ0v) is 14.1. The lowest BCUT2D eigenvalue weighted by molar-refractivity contribution is 0.0871. The number of halogens is 2. The van der Waals surface area contributed by atoms with Crippen molar-refractivity contribution in [2.45, 2.75) is 37.7 Å². The molecule has 0 bridgehead atoms. The monoisotopic (exact) mass is 359 g/mol. The van der Waals surface area contributed by atoms with E-state index in [9.17, 15) is 13.6 Å². The Bertz CT molecular complexity index is 799. The average molecular weight is 359 g/mol. The van der Waals surface area contributed by atoms with Crippen LogP contribution in [0.25, 0.3) is 0 Å². The molecule has 0 spiro atoms. The molecular formula is C20H19F2NO3. The summed E-state index contributed by atoms with van der Waals surface area (Å²) in [6.45, 7) is 0.785. The first-order valence-electron chi connectivity index (χ1n) is 8.72. The van der Waals surface area contributed by atoms with Crippen LogP contribution < -0.4 is 0 Å². The van der Waals surface area contributed by atoms with E-state index in [4.69, 9.17) is 9.47 Å². The van der Waals surface area contributed by atoms with Gasteiger partial charge in [0.1, 0.15) is 18.8 Å². The van der Waals surface area contributed by atoms with Gasteiger partial charge in [-0.25, -0.2) is 13.6 Å². The largest absolute Gasteiger partial charge is 0.445 e. The molecule has 2 aromatic carbocycles. The fraction of sp³-hybridized carbons (Fsp3) is 0.350. The highest BCUT2D eigenvalue weighted by Gasteiger charge is 2.51. The van der Waals surface area contributed by atoms with Crippen molar-refractivity contribution < 1.29 is 23.0 Å². The van der Waals surface area contributed by atoms with Crippen molar-refractivity contribution in [1.29, 1.82) is 0 Å². The molecule has 2 aromatic rings. The van der Waals surface area contributed by atoms with Gasteiger partial charge in [-0.05, 0) is 24.5 Å². The fourth-order valence-corrected chi connectivity index (χ4v) is 3.57. The van der Waals surface area contributed by atoms with Gasteiger partial charge in [0.2, 0.25) is 0 Å². The third kappa shape index (κ3) is 3.29. The van der Waals surface area contributed by atoms with Gasteiger partial charge in [-0.1, -0.05) is 42.5 Å². The predicted molar refractivity (Wildman–Crippen MR) is 90.3 cm³/mol. The zero-order valence-electron chi connectivity index (χ0n) is 14.1. The molecule has 26 heavy (non-hydrogen) atoms. The number of carbonyl (C=O) groups excluding carboxylic acids is 1. The lowest BCUT2D eigenvalue weighted by atomic mass is 10.0. The lowest BCUT2D eigenvalue weighted by Crippen LogP contribution is -2.39. The Hall–Kier alpha value is -2.47. The molecule has 3 atom stereocenters. The minimum Gasteiger partial charge on any atom is -0.445 e. The Kier molecular flexibility index (Phi) is 4.59. The summed E-state index contributed by atoms with van der Waals surface area (Å²) in [5.74, 6) is -1.77. The SMILES string of the molecule is O=C(OCc1ccccc1)N1CCC[C@@H]1[C@@H]1O[C@H]1c1cccc(F)c1F. The highest BCUT2D eigenvalue weighted by molar-refractivity contribution is 5.68. The number of rotatable bonds is 4. The molecule has 2 heterocycles. The van der Waals surface area contributed by atoms with Gasteiger partial charge < -0.3 is 14.4 Å². The average Bonchev–Trinajstić information content (AvgIpc) is 3.29.